The lowest BCUT2D eigenvalue weighted by Gasteiger charge is -3.12. The van der Waals surface area contributed by atoms with Crippen LogP contribution < -0.4 is 4.90 Å². The minimum Gasteiger partial charge on any atom is -0.310 e. The highest BCUT2D eigenvalue weighted by Gasteiger charge is 3.09. The molecule has 9 aromatic rings. The third-order valence-corrected chi connectivity index (χ3v) is 16.0. The average molecular weight is 807 g/mol. The van der Waals surface area contributed by atoms with Crippen LogP contribution in [0.1, 0.15) is 11.1 Å². The highest BCUT2D eigenvalue weighted by molar-refractivity contribution is 5.81. The summed E-state index contributed by atoms with van der Waals surface area (Å²) >= 11 is 0. The SMILES string of the molecule is c1ccc(-c2ccc(N(c3ccc(-c4ccccc4)cc3)c3cccc(C45C6C7C4C4C5C6C74c4ccc(-c5nc(-c6ccccc6)nc(-c6ccccc6)n5)cc4)c3)cc2)cc1. The lowest BCUT2D eigenvalue weighted by Crippen LogP contribution is -3.12. The number of aromatic nitrogens is 3. The second kappa shape index (κ2) is 13.0. The lowest BCUT2D eigenvalue weighted by atomic mass is 8.91. The summed E-state index contributed by atoms with van der Waals surface area (Å²) in [4.78, 5) is 17.4. The van der Waals surface area contributed by atoms with E-state index in [1.165, 1.54) is 44.9 Å². The first-order valence-electron chi connectivity index (χ1n) is 22.4. The fourth-order valence-corrected chi connectivity index (χ4v) is 13.8. The molecular formula is C59H42N4. The summed E-state index contributed by atoms with van der Waals surface area (Å²) in [7, 11) is 0. The number of hydrogen-bond donors (Lipinski definition) is 0. The molecule has 0 spiro atoms. The highest BCUT2D eigenvalue weighted by atomic mass is 15.2. The van der Waals surface area contributed by atoms with Gasteiger partial charge in [-0.3, -0.25) is 0 Å². The molecule has 6 aliphatic rings. The predicted molar refractivity (Wildman–Crippen MR) is 252 cm³/mol. The molecular weight excluding hydrogens is 765 g/mol. The third-order valence-electron chi connectivity index (χ3n) is 16.0. The molecule has 6 saturated carbocycles. The van der Waals surface area contributed by atoms with E-state index in [4.69, 9.17) is 15.0 Å². The number of benzene rings is 8. The van der Waals surface area contributed by atoms with E-state index in [1.807, 2.05) is 36.4 Å². The molecule has 298 valence electrons. The second-order valence-corrected chi connectivity index (χ2v) is 18.3. The standard InChI is InChI=1S/C59H42N4/c1-5-14-37(15-6-1)39-26-32-46(33-27-39)63(47-34-28-40(29-35-47)38-16-7-2-8-17-38)48-23-13-22-45(36-48)59-52-49-53(59)51-54(59)50(52)58(49,51)44-30-24-43(25-31-44)57-61-55(41-18-9-3-10-19-41)60-56(62-57)42-20-11-4-12-21-42/h1-36,49-54H. The Morgan fingerprint density at radius 1 is 0.270 bits per heavy atom. The Labute approximate surface area is 367 Å². The van der Waals surface area contributed by atoms with Gasteiger partial charge in [0.15, 0.2) is 17.5 Å². The first-order valence-corrected chi connectivity index (χ1v) is 22.4. The van der Waals surface area contributed by atoms with Crippen LogP contribution in [0.2, 0.25) is 0 Å². The maximum absolute atomic E-state index is 5.01. The maximum Gasteiger partial charge on any atom is 0.164 e. The molecule has 15 rings (SSSR count). The van der Waals surface area contributed by atoms with Gasteiger partial charge in [-0.1, -0.05) is 182 Å². The monoisotopic (exact) mass is 806 g/mol. The smallest absolute Gasteiger partial charge is 0.164 e. The number of anilines is 3. The molecule has 0 N–H and O–H groups in total. The summed E-state index contributed by atoms with van der Waals surface area (Å²) in [6, 6.07) is 78.9. The molecule has 4 nitrogen and oxygen atoms in total. The van der Waals surface area contributed by atoms with E-state index in [-0.39, 0.29) is 0 Å². The Hall–Kier alpha value is -7.43. The zero-order valence-electron chi connectivity index (χ0n) is 34.5. The molecule has 1 heterocycles. The highest BCUT2D eigenvalue weighted by Crippen LogP contribution is 3.09. The molecule has 6 fully saturated rings. The van der Waals surface area contributed by atoms with E-state index in [0.717, 1.165) is 58.0 Å². The Morgan fingerprint density at radius 3 is 1.02 bits per heavy atom. The van der Waals surface area contributed by atoms with Gasteiger partial charge >= 0.3 is 0 Å². The van der Waals surface area contributed by atoms with Crippen molar-refractivity contribution in [3.8, 4) is 56.4 Å². The van der Waals surface area contributed by atoms with Gasteiger partial charge in [0.2, 0.25) is 0 Å². The lowest BCUT2D eigenvalue weighted by molar-refractivity contribution is -0.596. The van der Waals surface area contributed by atoms with Gasteiger partial charge in [-0.05, 0) is 105 Å². The number of rotatable bonds is 10. The second-order valence-electron chi connectivity index (χ2n) is 18.3. The Kier molecular flexibility index (Phi) is 7.29. The van der Waals surface area contributed by atoms with Gasteiger partial charge in [-0.25, -0.2) is 15.0 Å². The Morgan fingerprint density at radius 2 is 0.603 bits per heavy atom. The van der Waals surface area contributed by atoms with E-state index < -0.39 is 0 Å². The van der Waals surface area contributed by atoms with Crippen LogP contribution in [0.3, 0.4) is 0 Å². The number of hydrogen-bond acceptors (Lipinski definition) is 4. The molecule has 0 saturated heterocycles. The minimum atomic E-state index is 0.351. The van der Waals surface area contributed by atoms with E-state index in [9.17, 15) is 0 Å². The van der Waals surface area contributed by atoms with E-state index >= 15 is 0 Å². The first kappa shape index (κ1) is 35.2. The molecule has 6 aliphatic carbocycles. The molecule has 0 bridgehead atoms. The van der Waals surface area contributed by atoms with Gasteiger partial charge in [0.05, 0.1) is 0 Å². The molecule has 0 unspecified atom stereocenters. The maximum atomic E-state index is 5.01. The van der Waals surface area contributed by atoms with E-state index in [1.54, 1.807) is 5.56 Å². The summed E-state index contributed by atoms with van der Waals surface area (Å²) in [5, 5.41) is 0. The largest absolute Gasteiger partial charge is 0.310 e. The summed E-state index contributed by atoms with van der Waals surface area (Å²) in [5.41, 5.74) is 15.3. The summed E-state index contributed by atoms with van der Waals surface area (Å²) < 4.78 is 0. The van der Waals surface area contributed by atoms with Crippen molar-refractivity contribution in [3.05, 3.63) is 230 Å². The van der Waals surface area contributed by atoms with Crippen molar-refractivity contribution < 1.29 is 0 Å². The van der Waals surface area contributed by atoms with Gasteiger partial charge in [0.1, 0.15) is 0 Å². The molecule has 0 amide bonds. The Bertz CT molecular complexity index is 2990. The number of nitrogens with zero attached hydrogens (tertiary/aromatic N) is 4. The van der Waals surface area contributed by atoms with Crippen molar-refractivity contribution in [2.75, 3.05) is 4.90 Å². The minimum absolute atomic E-state index is 0.351. The normalized spacial score (nSPS) is 25.9. The summed E-state index contributed by atoms with van der Waals surface area (Å²) in [6.07, 6.45) is 0. The topological polar surface area (TPSA) is 41.9 Å². The Balaban J connectivity index is 0.761. The van der Waals surface area contributed by atoms with Crippen molar-refractivity contribution >= 4 is 17.1 Å². The molecule has 63 heavy (non-hydrogen) atoms. The van der Waals surface area contributed by atoms with Crippen molar-refractivity contribution in [2.45, 2.75) is 10.8 Å². The molecule has 1 aromatic heterocycles. The van der Waals surface area contributed by atoms with Crippen molar-refractivity contribution in [1.29, 1.82) is 0 Å². The van der Waals surface area contributed by atoms with Crippen LogP contribution in [0.25, 0.3) is 56.4 Å². The van der Waals surface area contributed by atoms with Crippen LogP contribution >= 0.6 is 0 Å². The van der Waals surface area contributed by atoms with Crippen LogP contribution in [0, 0.1) is 35.5 Å². The van der Waals surface area contributed by atoms with Gasteiger partial charge < -0.3 is 4.90 Å². The van der Waals surface area contributed by atoms with Crippen LogP contribution in [-0.4, -0.2) is 15.0 Å². The van der Waals surface area contributed by atoms with Gasteiger partial charge in [0, 0.05) is 44.6 Å². The fourth-order valence-electron chi connectivity index (χ4n) is 13.8. The first-order chi connectivity index (χ1) is 31.2. The van der Waals surface area contributed by atoms with Crippen LogP contribution in [0.5, 0.6) is 0 Å². The molecule has 4 heteroatoms. The van der Waals surface area contributed by atoms with E-state index in [0.29, 0.717) is 22.5 Å². The zero-order chi connectivity index (χ0) is 41.3. The van der Waals surface area contributed by atoms with E-state index in [2.05, 4.69) is 187 Å². The molecule has 0 radical (unpaired) electrons. The molecule has 0 aliphatic heterocycles. The third kappa shape index (κ3) is 4.63. The average Bonchev–Trinajstić information content (AvgIpc) is 3.38. The van der Waals surface area contributed by atoms with Crippen molar-refractivity contribution in [2.24, 2.45) is 35.5 Å². The summed E-state index contributed by atoms with van der Waals surface area (Å²) in [5.74, 6) is 6.89. The van der Waals surface area contributed by atoms with Crippen LogP contribution in [0.4, 0.5) is 17.1 Å². The van der Waals surface area contributed by atoms with Crippen molar-refractivity contribution in [1.82, 2.24) is 15.0 Å². The summed E-state index contributed by atoms with van der Waals surface area (Å²) in [6.45, 7) is 0. The van der Waals surface area contributed by atoms with Crippen molar-refractivity contribution in [3.63, 3.8) is 0 Å². The molecule has 8 aromatic carbocycles. The fraction of sp³-hybridized carbons (Fsp3) is 0.136. The zero-order valence-corrected chi connectivity index (χ0v) is 34.5. The van der Waals surface area contributed by atoms with Crippen LogP contribution in [0.15, 0.2) is 218 Å². The quantitative estimate of drug-likeness (QED) is 0.138. The van der Waals surface area contributed by atoms with Crippen LogP contribution in [-0.2, 0) is 10.8 Å². The van der Waals surface area contributed by atoms with Gasteiger partial charge in [-0.15, -0.1) is 0 Å². The molecule has 0 atom stereocenters. The van der Waals surface area contributed by atoms with Gasteiger partial charge in [0.25, 0.3) is 0 Å². The predicted octanol–water partition coefficient (Wildman–Crippen LogP) is 13.6. The van der Waals surface area contributed by atoms with Gasteiger partial charge in [-0.2, -0.15) is 0 Å².